The molecule has 2 rings (SSSR count). The van der Waals surface area contributed by atoms with Gasteiger partial charge in [-0.25, -0.2) is 0 Å². The summed E-state index contributed by atoms with van der Waals surface area (Å²) < 4.78 is 4.93. The molecule has 0 aliphatic carbocycles. The van der Waals surface area contributed by atoms with Crippen LogP contribution < -0.4 is 0 Å². The maximum Gasteiger partial charge on any atom is 0.167 e. The summed E-state index contributed by atoms with van der Waals surface area (Å²) in [5, 5.41) is 7.62. The van der Waals surface area contributed by atoms with Gasteiger partial charge in [0, 0.05) is 5.56 Å². The van der Waals surface area contributed by atoms with Crippen molar-refractivity contribution in [3.05, 3.63) is 28.3 Å². The highest BCUT2D eigenvalue weighted by atomic mass is 32.2. The summed E-state index contributed by atoms with van der Waals surface area (Å²) in [5.74, 6) is 0.834. The third kappa shape index (κ3) is 0.885. The Balaban J connectivity index is 2.56. The van der Waals surface area contributed by atoms with Gasteiger partial charge in [-0.3, -0.25) is 0 Å². The summed E-state index contributed by atoms with van der Waals surface area (Å²) >= 11 is 1.63. The summed E-state index contributed by atoms with van der Waals surface area (Å²) in [6.45, 7) is 0. The first kappa shape index (κ1) is 5.80. The van der Waals surface area contributed by atoms with Gasteiger partial charge in [-0.15, -0.1) is 11.8 Å². The largest absolute Gasteiger partial charge is 0.356 e. The Labute approximate surface area is 62.6 Å². The van der Waals surface area contributed by atoms with E-state index < -0.39 is 0 Å². The summed E-state index contributed by atoms with van der Waals surface area (Å²) in [5.41, 5.74) is 1.04. The molecular weight excluding hydrogens is 146 g/mol. The third-order valence-electron chi connectivity index (χ3n) is 1.25. The normalized spacial score (nSPS) is 14.8. The molecule has 0 bridgehead atoms. The van der Waals surface area contributed by atoms with Crippen LogP contribution in [-0.2, 0) is 0 Å². The van der Waals surface area contributed by atoms with Crippen LogP contribution in [-0.4, -0.2) is 5.16 Å². The van der Waals surface area contributed by atoms with Crippen LogP contribution in [0, 0.1) is 0 Å². The third-order valence-corrected chi connectivity index (χ3v) is 1.84. The van der Waals surface area contributed by atoms with Crippen LogP contribution in [0.2, 0.25) is 0 Å². The highest BCUT2D eigenvalue weighted by molar-refractivity contribution is 8.05. The van der Waals surface area contributed by atoms with Gasteiger partial charge in [-0.05, 0) is 23.0 Å². The molecule has 0 amide bonds. The molecule has 1 aliphatic heterocycles. The van der Waals surface area contributed by atoms with E-state index in [1.807, 2.05) is 23.0 Å². The zero-order valence-electron chi connectivity index (χ0n) is 5.15. The molecule has 3 heteroatoms. The number of nitrogens with zero attached hydrogens (tertiary/aromatic N) is 1. The van der Waals surface area contributed by atoms with Crippen LogP contribution in [0.1, 0.15) is 11.3 Å². The minimum atomic E-state index is 0.834. The van der Waals surface area contributed by atoms with Gasteiger partial charge in [0.05, 0.1) is 6.20 Å². The van der Waals surface area contributed by atoms with Crippen molar-refractivity contribution in [2.75, 3.05) is 0 Å². The van der Waals surface area contributed by atoms with E-state index in [0.29, 0.717) is 0 Å². The zero-order chi connectivity index (χ0) is 6.81. The zero-order valence-corrected chi connectivity index (χ0v) is 5.97. The summed E-state index contributed by atoms with van der Waals surface area (Å²) in [7, 11) is 0. The van der Waals surface area contributed by atoms with Gasteiger partial charge in [0.2, 0.25) is 0 Å². The Hall–Kier alpha value is -0.960. The number of fused-ring (bicyclic) bond motifs is 1. The van der Waals surface area contributed by atoms with E-state index >= 15 is 0 Å². The summed E-state index contributed by atoms with van der Waals surface area (Å²) in [6.07, 6.45) is 5.60. The minimum Gasteiger partial charge on any atom is -0.356 e. The van der Waals surface area contributed by atoms with E-state index in [2.05, 4.69) is 5.16 Å². The molecule has 1 aromatic rings. The molecule has 0 unspecified atom stereocenters. The smallest absolute Gasteiger partial charge is 0.167 e. The molecule has 0 saturated carbocycles. The number of aromatic nitrogens is 1. The lowest BCUT2D eigenvalue weighted by molar-refractivity contribution is 0.412. The SMILES string of the molecule is C1=Cc2cnoc2C=CS1. The Kier molecular flexibility index (Phi) is 1.36. The van der Waals surface area contributed by atoms with Crippen molar-refractivity contribution in [2.45, 2.75) is 0 Å². The van der Waals surface area contributed by atoms with Crippen molar-refractivity contribution in [2.24, 2.45) is 0 Å². The molecule has 0 aromatic carbocycles. The molecule has 0 fully saturated rings. The molecule has 1 aliphatic rings. The van der Waals surface area contributed by atoms with Crippen LogP contribution in [0.15, 0.2) is 21.5 Å². The first-order valence-corrected chi connectivity index (χ1v) is 3.84. The Morgan fingerprint density at radius 2 is 2.20 bits per heavy atom. The van der Waals surface area contributed by atoms with Crippen molar-refractivity contribution in [3.63, 3.8) is 0 Å². The van der Waals surface area contributed by atoms with E-state index in [-0.39, 0.29) is 0 Å². The average molecular weight is 151 g/mol. The number of hydrogen-bond acceptors (Lipinski definition) is 3. The van der Waals surface area contributed by atoms with Gasteiger partial charge in [0.15, 0.2) is 5.76 Å². The van der Waals surface area contributed by atoms with Crippen LogP contribution in [0.3, 0.4) is 0 Å². The second kappa shape index (κ2) is 2.34. The van der Waals surface area contributed by atoms with Crippen molar-refractivity contribution in [1.82, 2.24) is 5.16 Å². The standard InChI is InChI=1S/C7H5NOS/c1-3-10-4-2-7-6(1)5-8-9-7/h1-5H. The first-order chi connectivity index (χ1) is 4.97. The number of hydrogen-bond donors (Lipinski definition) is 0. The van der Waals surface area contributed by atoms with Gasteiger partial charge >= 0.3 is 0 Å². The van der Waals surface area contributed by atoms with Crippen LogP contribution in [0.5, 0.6) is 0 Å². The molecule has 0 spiro atoms. The molecule has 0 radical (unpaired) electrons. The van der Waals surface area contributed by atoms with Crippen LogP contribution >= 0.6 is 11.8 Å². The Morgan fingerprint density at radius 1 is 1.30 bits per heavy atom. The van der Waals surface area contributed by atoms with Gasteiger partial charge in [-0.2, -0.15) is 0 Å². The Bertz CT molecular complexity index is 261. The fourth-order valence-corrected chi connectivity index (χ4v) is 1.29. The quantitative estimate of drug-likeness (QED) is 0.569. The molecule has 0 atom stereocenters. The molecule has 2 heterocycles. The van der Waals surface area contributed by atoms with Crippen molar-refractivity contribution >= 4 is 23.9 Å². The second-order valence-corrected chi connectivity index (χ2v) is 2.70. The average Bonchev–Trinajstić information content (AvgIpc) is 2.28. The van der Waals surface area contributed by atoms with Gasteiger partial charge in [-0.1, -0.05) is 5.16 Å². The fraction of sp³-hybridized carbons (Fsp3) is 0. The van der Waals surface area contributed by atoms with Gasteiger partial charge in [0.1, 0.15) is 0 Å². The van der Waals surface area contributed by atoms with E-state index in [9.17, 15) is 0 Å². The van der Waals surface area contributed by atoms with Crippen LogP contribution in [0.4, 0.5) is 0 Å². The maximum absolute atomic E-state index is 4.93. The molecule has 10 heavy (non-hydrogen) atoms. The van der Waals surface area contributed by atoms with E-state index in [0.717, 1.165) is 11.3 Å². The van der Waals surface area contributed by atoms with Crippen LogP contribution in [0.25, 0.3) is 12.2 Å². The molecule has 0 N–H and O–H groups in total. The Morgan fingerprint density at radius 3 is 3.20 bits per heavy atom. The highest BCUT2D eigenvalue weighted by Crippen LogP contribution is 2.20. The van der Waals surface area contributed by atoms with Gasteiger partial charge in [0.25, 0.3) is 0 Å². The molecule has 2 nitrogen and oxygen atoms in total. The summed E-state index contributed by atoms with van der Waals surface area (Å²) in [4.78, 5) is 0. The van der Waals surface area contributed by atoms with E-state index in [1.165, 1.54) is 0 Å². The predicted molar refractivity (Wildman–Crippen MR) is 42.2 cm³/mol. The maximum atomic E-state index is 4.93. The second-order valence-electron chi connectivity index (χ2n) is 1.89. The molecule has 50 valence electrons. The fourth-order valence-electron chi connectivity index (χ4n) is 0.767. The monoisotopic (exact) mass is 151 g/mol. The van der Waals surface area contributed by atoms with Crippen molar-refractivity contribution < 1.29 is 4.52 Å². The van der Waals surface area contributed by atoms with Crippen molar-refractivity contribution in [1.29, 1.82) is 0 Å². The minimum absolute atomic E-state index is 0.834. The summed E-state index contributed by atoms with van der Waals surface area (Å²) in [6, 6.07) is 0. The van der Waals surface area contributed by atoms with Gasteiger partial charge < -0.3 is 4.52 Å². The topological polar surface area (TPSA) is 26.0 Å². The van der Waals surface area contributed by atoms with E-state index in [1.54, 1.807) is 18.0 Å². The molecule has 1 aromatic heterocycles. The lowest BCUT2D eigenvalue weighted by atomic mass is 10.2. The lowest BCUT2D eigenvalue weighted by Crippen LogP contribution is -1.66. The predicted octanol–water partition coefficient (Wildman–Crippen LogP) is 2.36. The number of rotatable bonds is 0. The highest BCUT2D eigenvalue weighted by Gasteiger charge is 2.01. The molecular formula is C7H5NOS. The first-order valence-electron chi connectivity index (χ1n) is 2.90. The number of thioether (sulfide) groups is 1. The van der Waals surface area contributed by atoms with E-state index in [4.69, 9.17) is 4.52 Å². The van der Waals surface area contributed by atoms with Crippen molar-refractivity contribution in [3.8, 4) is 0 Å². The molecule has 0 saturated heterocycles. The lowest BCUT2D eigenvalue weighted by Gasteiger charge is -1.80.